The minimum atomic E-state index is -3.39. The SMILES string of the molecule is Nc1cc(C2CCN(S(=O)(=O)c3ccc(Br)s3)CC2)no1. The first kappa shape index (κ1) is 15.0. The Balaban J connectivity index is 1.71. The number of halogens is 1. The van der Waals surface area contributed by atoms with E-state index in [1.165, 1.54) is 15.6 Å². The molecule has 2 aromatic rings. The largest absolute Gasteiger partial charge is 0.368 e. The van der Waals surface area contributed by atoms with Gasteiger partial charge in [-0.2, -0.15) is 4.31 Å². The van der Waals surface area contributed by atoms with E-state index in [4.69, 9.17) is 10.3 Å². The van der Waals surface area contributed by atoms with Crippen LogP contribution in [-0.2, 0) is 10.0 Å². The first-order chi connectivity index (χ1) is 9.96. The predicted octanol–water partition coefficient (Wildman–Crippen LogP) is 2.65. The minimum Gasteiger partial charge on any atom is -0.368 e. The van der Waals surface area contributed by atoms with E-state index in [1.54, 1.807) is 18.2 Å². The van der Waals surface area contributed by atoms with Crippen LogP contribution in [0.5, 0.6) is 0 Å². The van der Waals surface area contributed by atoms with Crippen LogP contribution in [0, 0.1) is 0 Å². The summed E-state index contributed by atoms with van der Waals surface area (Å²) in [4.78, 5) is 0. The number of hydrogen-bond donors (Lipinski definition) is 1. The topological polar surface area (TPSA) is 89.4 Å². The number of piperidine rings is 1. The van der Waals surface area contributed by atoms with Crippen molar-refractivity contribution in [3.8, 4) is 0 Å². The van der Waals surface area contributed by atoms with Crippen molar-refractivity contribution in [2.45, 2.75) is 23.0 Å². The Morgan fingerprint density at radius 3 is 2.62 bits per heavy atom. The standard InChI is InChI=1S/C12H14BrN3O3S2/c13-10-1-2-12(20-10)21(17,18)16-5-3-8(4-6-16)9-7-11(14)19-15-9/h1-2,7-8H,3-6,14H2. The number of hydrogen-bond acceptors (Lipinski definition) is 6. The first-order valence-electron chi connectivity index (χ1n) is 6.44. The number of sulfonamides is 1. The summed E-state index contributed by atoms with van der Waals surface area (Å²) in [6, 6.07) is 5.10. The van der Waals surface area contributed by atoms with Crippen LogP contribution in [-0.4, -0.2) is 31.0 Å². The molecule has 3 rings (SSSR count). The predicted molar refractivity (Wildman–Crippen MR) is 83.7 cm³/mol. The summed E-state index contributed by atoms with van der Waals surface area (Å²) in [5.41, 5.74) is 6.33. The van der Waals surface area contributed by atoms with Gasteiger partial charge in [-0.25, -0.2) is 8.42 Å². The molecule has 0 aromatic carbocycles. The molecule has 0 saturated carbocycles. The molecule has 1 aliphatic rings. The quantitative estimate of drug-likeness (QED) is 0.868. The van der Waals surface area contributed by atoms with Gasteiger partial charge in [-0.3, -0.25) is 0 Å². The molecule has 0 radical (unpaired) electrons. The third kappa shape index (κ3) is 3.01. The molecule has 0 bridgehead atoms. The molecule has 1 aliphatic heterocycles. The Kier molecular flexibility index (Phi) is 4.08. The van der Waals surface area contributed by atoms with Crippen LogP contribution in [0.15, 0.2) is 30.7 Å². The Bertz CT molecular complexity index is 733. The number of nitrogen functional groups attached to an aromatic ring is 1. The summed E-state index contributed by atoms with van der Waals surface area (Å²) >= 11 is 4.53. The molecule has 0 amide bonds. The number of thiophene rings is 1. The third-order valence-electron chi connectivity index (χ3n) is 3.56. The van der Waals surface area contributed by atoms with Gasteiger partial charge in [-0.15, -0.1) is 11.3 Å². The molecule has 0 atom stereocenters. The van der Waals surface area contributed by atoms with Gasteiger partial charge in [0.15, 0.2) is 0 Å². The average Bonchev–Trinajstić information content (AvgIpc) is 3.08. The van der Waals surface area contributed by atoms with Crippen molar-refractivity contribution in [1.29, 1.82) is 0 Å². The summed E-state index contributed by atoms with van der Waals surface area (Å²) in [6.07, 6.45) is 1.44. The van der Waals surface area contributed by atoms with E-state index in [2.05, 4.69) is 21.1 Å². The smallest absolute Gasteiger partial charge is 0.252 e. The second-order valence-electron chi connectivity index (χ2n) is 4.89. The molecule has 114 valence electrons. The van der Waals surface area contributed by atoms with E-state index >= 15 is 0 Å². The lowest BCUT2D eigenvalue weighted by Gasteiger charge is -2.29. The summed E-state index contributed by atoms with van der Waals surface area (Å²) < 4.78 is 32.6. The summed E-state index contributed by atoms with van der Waals surface area (Å²) in [6.45, 7) is 0.963. The number of aromatic nitrogens is 1. The summed E-state index contributed by atoms with van der Waals surface area (Å²) in [5, 5.41) is 3.92. The highest BCUT2D eigenvalue weighted by Gasteiger charge is 2.31. The van der Waals surface area contributed by atoms with E-state index in [1.807, 2.05) is 0 Å². The molecular formula is C12H14BrN3O3S2. The highest BCUT2D eigenvalue weighted by atomic mass is 79.9. The maximum Gasteiger partial charge on any atom is 0.252 e. The lowest BCUT2D eigenvalue weighted by atomic mass is 9.95. The van der Waals surface area contributed by atoms with Gasteiger partial charge in [0.05, 0.1) is 9.48 Å². The van der Waals surface area contributed by atoms with Gasteiger partial charge in [-0.05, 0) is 40.9 Å². The van der Waals surface area contributed by atoms with Gasteiger partial charge in [0.2, 0.25) is 5.88 Å². The number of nitrogens with zero attached hydrogens (tertiary/aromatic N) is 2. The monoisotopic (exact) mass is 391 g/mol. The Labute approximate surface area is 135 Å². The van der Waals surface area contributed by atoms with E-state index in [-0.39, 0.29) is 5.92 Å². The Hall–Kier alpha value is -0.900. The van der Waals surface area contributed by atoms with Crippen molar-refractivity contribution in [1.82, 2.24) is 9.46 Å². The van der Waals surface area contributed by atoms with Crippen molar-refractivity contribution in [2.24, 2.45) is 0 Å². The molecule has 1 saturated heterocycles. The molecule has 9 heteroatoms. The molecule has 6 nitrogen and oxygen atoms in total. The first-order valence-corrected chi connectivity index (χ1v) is 9.49. The van der Waals surface area contributed by atoms with Crippen molar-refractivity contribution in [2.75, 3.05) is 18.8 Å². The van der Waals surface area contributed by atoms with Gasteiger partial charge in [0.1, 0.15) is 4.21 Å². The second kappa shape index (κ2) is 5.71. The van der Waals surface area contributed by atoms with Gasteiger partial charge >= 0.3 is 0 Å². The van der Waals surface area contributed by atoms with Crippen LogP contribution in [0.2, 0.25) is 0 Å². The fourth-order valence-electron chi connectivity index (χ4n) is 2.45. The van der Waals surface area contributed by atoms with Crippen LogP contribution in [0.3, 0.4) is 0 Å². The normalized spacial score (nSPS) is 18.1. The molecule has 0 aliphatic carbocycles. The maximum absolute atomic E-state index is 12.5. The lowest BCUT2D eigenvalue weighted by molar-refractivity contribution is 0.309. The van der Waals surface area contributed by atoms with Crippen LogP contribution in [0.25, 0.3) is 0 Å². The number of anilines is 1. The lowest BCUT2D eigenvalue weighted by Crippen LogP contribution is -2.37. The molecule has 0 unspecified atom stereocenters. The molecule has 3 heterocycles. The van der Waals surface area contributed by atoms with Crippen molar-refractivity contribution in [3.63, 3.8) is 0 Å². The summed E-state index contributed by atoms with van der Waals surface area (Å²) in [5.74, 6) is 0.496. The maximum atomic E-state index is 12.5. The van der Waals surface area contributed by atoms with Gasteiger partial charge in [0.25, 0.3) is 10.0 Å². The van der Waals surface area contributed by atoms with E-state index in [0.717, 1.165) is 22.3 Å². The fourth-order valence-corrected chi connectivity index (χ4v) is 6.09. The molecule has 1 fully saturated rings. The second-order valence-corrected chi connectivity index (χ2v) is 9.52. The molecular weight excluding hydrogens is 378 g/mol. The van der Waals surface area contributed by atoms with E-state index in [0.29, 0.717) is 23.2 Å². The van der Waals surface area contributed by atoms with Crippen LogP contribution >= 0.6 is 27.3 Å². The van der Waals surface area contributed by atoms with Crippen LogP contribution in [0.4, 0.5) is 5.88 Å². The van der Waals surface area contributed by atoms with Crippen molar-refractivity contribution in [3.05, 3.63) is 27.7 Å². The van der Waals surface area contributed by atoms with E-state index < -0.39 is 10.0 Å². The fraction of sp³-hybridized carbons (Fsp3) is 0.417. The van der Waals surface area contributed by atoms with Crippen LogP contribution < -0.4 is 5.73 Å². The van der Waals surface area contributed by atoms with Gasteiger partial charge in [0, 0.05) is 25.1 Å². The average molecular weight is 392 g/mol. The zero-order chi connectivity index (χ0) is 15.0. The highest BCUT2D eigenvalue weighted by molar-refractivity contribution is 9.11. The Morgan fingerprint density at radius 1 is 1.38 bits per heavy atom. The van der Waals surface area contributed by atoms with Gasteiger partial charge in [-0.1, -0.05) is 5.16 Å². The number of rotatable bonds is 3. The number of nitrogens with two attached hydrogens (primary N) is 1. The highest BCUT2D eigenvalue weighted by Crippen LogP contribution is 2.33. The van der Waals surface area contributed by atoms with Gasteiger partial charge < -0.3 is 10.3 Å². The van der Waals surface area contributed by atoms with E-state index in [9.17, 15) is 8.42 Å². The molecule has 2 N–H and O–H groups in total. The van der Waals surface area contributed by atoms with Crippen LogP contribution in [0.1, 0.15) is 24.5 Å². The van der Waals surface area contributed by atoms with Crippen molar-refractivity contribution < 1.29 is 12.9 Å². The van der Waals surface area contributed by atoms with Crippen molar-refractivity contribution >= 4 is 43.2 Å². The Morgan fingerprint density at radius 2 is 2.10 bits per heavy atom. The summed E-state index contributed by atoms with van der Waals surface area (Å²) in [7, 11) is -3.39. The zero-order valence-electron chi connectivity index (χ0n) is 11.0. The zero-order valence-corrected chi connectivity index (χ0v) is 14.2. The third-order valence-corrected chi connectivity index (χ3v) is 7.55. The molecule has 21 heavy (non-hydrogen) atoms. The molecule has 2 aromatic heterocycles. The minimum absolute atomic E-state index is 0.201. The molecule has 0 spiro atoms.